The van der Waals surface area contributed by atoms with Crippen LogP contribution in [0.25, 0.3) is 0 Å². The molecule has 1 saturated heterocycles. The molecule has 25 heavy (non-hydrogen) atoms. The molecule has 4 heteroatoms. The Morgan fingerprint density at radius 3 is 3.04 bits per heavy atom. The van der Waals surface area contributed by atoms with Gasteiger partial charge in [-0.2, -0.15) is 0 Å². The molecule has 3 unspecified atom stereocenters. The van der Waals surface area contributed by atoms with Crippen LogP contribution in [0.1, 0.15) is 37.3 Å². The summed E-state index contributed by atoms with van der Waals surface area (Å²) in [7, 11) is 4.90. The number of ether oxygens (including phenoxy) is 2. The average Bonchev–Trinajstić information content (AvgIpc) is 2.94. The topological polar surface area (TPSA) is 21.7 Å². The van der Waals surface area contributed by atoms with E-state index >= 15 is 0 Å². The summed E-state index contributed by atoms with van der Waals surface area (Å²) in [5.41, 5.74) is 3.13. The van der Waals surface area contributed by atoms with Crippen molar-refractivity contribution in [1.29, 1.82) is 0 Å². The number of nitrogens with zero attached hydrogens (tertiary/aromatic N) is 1. The van der Waals surface area contributed by atoms with Crippen molar-refractivity contribution >= 4 is 9.24 Å². The summed E-state index contributed by atoms with van der Waals surface area (Å²) in [5.74, 6) is 2.64. The highest BCUT2D eigenvalue weighted by Gasteiger charge is 2.67. The summed E-state index contributed by atoms with van der Waals surface area (Å²) >= 11 is 0. The maximum atomic E-state index is 6.73. The molecule has 3 nitrogen and oxygen atoms in total. The molecule has 6 atom stereocenters. The summed E-state index contributed by atoms with van der Waals surface area (Å²) in [6, 6.07) is 5.02. The zero-order chi connectivity index (χ0) is 17.4. The van der Waals surface area contributed by atoms with E-state index in [4.69, 9.17) is 9.47 Å². The molecule has 134 valence electrons. The lowest BCUT2D eigenvalue weighted by atomic mass is 9.50. The molecule has 0 N–H and O–H groups in total. The standard InChI is InChI=1S/C21H28NO2P/c1-4-10-22-11-9-21-14-7-8-20(2,25)19(21)24-18-16(23-3)6-5-13(17(18)21)12-15(14)22/h4-6,14-15,19H,1,7-12,25H2,2-3H3/t14?,15-,19+,20?,21+/m0/s1. The van der Waals surface area contributed by atoms with Crippen LogP contribution in [0.4, 0.5) is 0 Å². The van der Waals surface area contributed by atoms with Gasteiger partial charge in [0, 0.05) is 28.7 Å². The van der Waals surface area contributed by atoms with Gasteiger partial charge in [-0.1, -0.05) is 19.1 Å². The quantitative estimate of drug-likeness (QED) is 0.610. The second-order valence-electron chi connectivity index (χ2n) is 8.63. The lowest BCUT2D eigenvalue weighted by molar-refractivity contribution is -0.0605. The van der Waals surface area contributed by atoms with E-state index in [9.17, 15) is 0 Å². The van der Waals surface area contributed by atoms with Crippen LogP contribution in [0.5, 0.6) is 11.5 Å². The Balaban J connectivity index is 1.74. The maximum Gasteiger partial charge on any atom is 0.165 e. The van der Waals surface area contributed by atoms with Crippen molar-refractivity contribution in [3.63, 3.8) is 0 Å². The summed E-state index contributed by atoms with van der Waals surface area (Å²) < 4.78 is 12.4. The molecule has 1 spiro atoms. The van der Waals surface area contributed by atoms with E-state index in [-0.39, 0.29) is 16.7 Å². The van der Waals surface area contributed by atoms with E-state index in [1.807, 2.05) is 0 Å². The number of hydrogen-bond acceptors (Lipinski definition) is 3. The largest absolute Gasteiger partial charge is 0.493 e. The number of rotatable bonds is 3. The summed E-state index contributed by atoms with van der Waals surface area (Å²) in [5, 5.41) is 0.125. The predicted molar refractivity (Wildman–Crippen MR) is 104 cm³/mol. The van der Waals surface area contributed by atoms with Gasteiger partial charge >= 0.3 is 0 Å². The Morgan fingerprint density at radius 1 is 1.44 bits per heavy atom. The Morgan fingerprint density at radius 2 is 2.28 bits per heavy atom. The SMILES string of the molecule is C=CCN1CC[C@@]23c4c5ccc(OC)c4O[C@@H]2C(C)(P)CCC3[C@@H]1C5. The summed E-state index contributed by atoms with van der Waals surface area (Å²) in [6.07, 6.45) is 7.12. The van der Waals surface area contributed by atoms with Gasteiger partial charge < -0.3 is 9.47 Å². The van der Waals surface area contributed by atoms with Crippen molar-refractivity contribution in [2.45, 2.75) is 55.3 Å². The minimum absolute atomic E-state index is 0.125. The summed E-state index contributed by atoms with van der Waals surface area (Å²) in [4.78, 5) is 2.66. The fourth-order valence-corrected chi connectivity index (χ4v) is 7.02. The first-order chi connectivity index (χ1) is 12.0. The highest BCUT2D eigenvalue weighted by atomic mass is 31.0. The van der Waals surface area contributed by atoms with Gasteiger partial charge in [-0.05, 0) is 49.8 Å². The van der Waals surface area contributed by atoms with Crippen LogP contribution >= 0.6 is 9.24 Å². The first-order valence-electron chi connectivity index (χ1n) is 9.54. The Bertz CT molecular complexity index is 746. The Kier molecular flexibility index (Phi) is 3.38. The van der Waals surface area contributed by atoms with Crippen LogP contribution in [0, 0.1) is 5.92 Å². The first-order valence-corrected chi connectivity index (χ1v) is 10.1. The minimum atomic E-state index is 0.125. The van der Waals surface area contributed by atoms with E-state index in [1.54, 1.807) is 7.11 Å². The van der Waals surface area contributed by atoms with Crippen molar-refractivity contribution in [2.75, 3.05) is 20.2 Å². The third-order valence-corrected chi connectivity index (χ3v) is 7.98. The van der Waals surface area contributed by atoms with E-state index in [0.717, 1.165) is 31.0 Å². The third kappa shape index (κ3) is 1.89. The number of methoxy groups -OCH3 is 1. The number of benzene rings is 1. The first kappa shape index (κ1) is 16.1. The van der Waals surface area contributed by atoms with E-state index in [1.165, 1.54) is 30.4 Å². The van der Waals surface area contributed by atoms with E-state index in [2.05, 4.69) is 45.9 Å². The van der Waals surface area contributed by atoms with Gasteiger partial charge in [0.25, 0.3) is 0 Å². The Hall–Kier alpha value is -1.05. The highest BCUT2D eigenvalue weighted by molar-refractivity contribution is 7.19. The molecule has 1 aromatic carbocycles. The molecule has 4 aliphatic rings. The molecule has 1 aromatic rings. The van der Waals surface area contributed by atoms with Crippen molar-refractivity contribution in [3.05, 3.63) is 35.9 Å². The molecule has 2 heterocycles. The van der Waals surface area contributed by atoms with Gasteiger partial charge in [0.1, 0.15) is 6.10 Å². The third-order valence-electron chi connectivity index (χ3n) is 7.39. The molecule has 2 bridgehead atoms. The van der Waals surface area contributed by atoms with Crippen molar-refractivity contribution in [2.24, 2.45) is 5.92 Å². The van der Waals surface area contributed by atoms with Gasteiger partial charge in [0.05, 0.1) is 7.11 Å². The average molecular weight is 357 g/mol. The fraction of sp³-hybridized carbons (Fsp3) is 0.619. The van der Waals surface area contributed by atoms with Gasteiger partial charge in [-0.25, -0.2) is 0 Å². The van der Waals surface area contributed by atoms with Gasteiger partial charge in [0.15, 0.2) is 11.5 Å². The monoisotopic (exact) mass is 357 g/mol. The molecule has 2 aliphatic carbocycles. The van der Waals surface area contributed by atoms with Crippen molar-refractivity contribution in [3.8, 4) is 11.5 Å². The molecule has 1 saturated carbocycles. The van der Waals surface area contributed by atoms with E-state index < -0.39 is 0 Å². The van der Waals surface area contributed by atoms with Crippen LogP contribution < -0.4 is 9.47 Å². The molecular weight excluding hydrogens is 329 g/mol. The van der Waals surface area contributed by atoms with Gasteiger partial charge in [0.2, 0.25) is 0 Å². The number of hydrogen-bond donors (Lipinski definition) is 0. The fourth-order valence-electron chi connectivity index (χ4n) is 6.49. The zero-order valence-electron chi connectivity index (χ0n) is 15.3. The molecule has 0 aromatic heterocycles. The predicted octanol–water partition coefficient (Wildman–Crippen LogP) is 3.55. The molecular formula is C21H28NO2P. The van der Waals surface area contributed by atoms with Crippen LogP contribution in [-0.4, -0.2) is 42.4 Å². The van der Waals surface area contributed by atoms with Crippen LogP contribution in [0.15, 0.2) is 24.8 Å². The molecule has 2 aliphatic heterocycles. The lowest BCUT2D eigenvalue weighted by Gasteiger charge is -2.61. The van der Waals surface area contributed by atoms with Gasteiger partial charge in [-0.3, -0.25) is 4.90 Å². The molecule has 0 amide bonds. The zero-order valence-corrected chi connectivity index (χ0v) is 16.4. The smallest absolute Gasteiger partial charge is 0.165 e. The maximum absolute atomic E-state index is 6.73. The van der Waals surface area contributed by atoms with Crippen LogP contribution in [0.3, 0.4) is 0 Å². The van der Waals surface area contributed by atoms with Gasteiger partial charge in [-0.15, -0.1) is 15.8 Å². The number of likely N-dealkylation sites (tertiary alicyclic amines) is 1. The normalized spacial score (nSPS) is 41.0. The van der Waals surface area contributed by atoms with Crippen molar-refractivity contribution in [1.82, 2.24) is 4.90 Å². The molecule has 0 radical (unpaired) electrons. The minimum Gasteiger partial charge on any atom is -0.493 e. The second kappa shape index (κ2) is 5.24. The van der Waals surface area contributed by atoms with Crippen LogP contribution in [0.2, 0.25) is 0 Å². The summed E-state index contributed by atoms with van der Waals surface area (Å²) in [6.45, 7) is 8.50. The van der Waals surface area contributed by atoms with Crippen molar-refractivity contribution < 1.29 is 9.47 Å². The molecule has 2 fully saturated rings. The van der Waals surface area contributed by atoms with E-state index in [0.29, 0.717) is 12.0 Å². The lowest BCUT2D eigenvalue weighted by Crippen LogP contribution is -2.68. The molecule has 5 rings (SSSR count). The second-order valence-corrected chi connectivity index (χ2v) is 9.94. The van der Waals surface area contributed by atoms with Crippen LogP contribution in [-0.2, 0) is 11.8 Å². The highest BCUT2D eigenvalue weighted by Crippen LogP contribution is 2.66. The number of piperidine rings is 1. The Labute approximate surface area is 153 Å².